The number of carboxylic acid groups (broad SMARTS) is 1. The molecule has 0 spiro atoms. The summed E-state index contributed by atoms with van der Waals surface area (Å²) in [4.78, 5) is 25.7. The monoisotopic (exact) mass is 314 g/mol. The summed E-state index contributed by atoms with van der Waals surface area (Å²) >= 11 is 0. The Morgan fingerprint density at radius 2 is 2.00 bits per heavy atom. The molecular weight excluding hydrogens is 296 g/mol. The van der Waals surface area contributed by atoms with Crippen LogP contribution in [-0.2, 0) is 22.5 Å². The number of carboxylic acids is 1. The van der Waals surface area contributed by atoms with Crippen LogP contribution in [0.5, 0.6) is 0 Å². The summed E-state index contributed by atoms with van der Waals surface area (Å²) in [6, 6.07) is 7.23. The van der Waals surface area contributed by atoms with Crippen molar-refractivity contribution < 1.29 is 19.4 Å². The number of nitrogens with zero attached hydrogens (tertiary/aromatic N) is 2. The van der Waals surface area contributed by atoms with Crippen molar-refractivity contribution in [3.63, 3.8) is 0 Å². The molecule has 1 aromatic carbocycles. The minimum atomic E-state index is -1.000. The minimum absolute atomic E-state index is 0.158. The second-order valence-electron chi connectivity index (χ2n) is 6.07. The number of hydrogen-bond acceptors (Lipinski definition) is 4. The summed E-state index contributed by atoms with van der Waals surface area (Å²) in [6.07, 6.45) is 1.51. The maximum atomic E-state index is 12.9. The normalized spacial score (nSPS) is 19.5. The number of ether oxygens (including phenoxy) is 1. The third-order valence-corrected chi connectivity index (χ3v) is 4.72. The van der Waals surface area contributed by atoms with Crippen LogP contribution >= 0.6 is 0 Å². The maximum absolute atomic E-state index is 12.9. The third-order valence-electron chi connectivity index (χ3n) is 4.72. The van der Waals surface area contributed by atoms with Crippen LogP contribution in [0.4, 0.5) is 0 Å². The first kappa shape index (κ1) is 15.5. The zero-order chi connectivity index (χ0) is 16.4. The van der Waals surface area contributed by atoms with Crippen molar-refractivity contribution >= 4 is 11.9 Å². The Morgan fingerprint density at radius 3 is 2.65 bits per heavy atom. The van der Waals surface area contributed by atoms with E-state index in [0.29, 0.717) is 45.6 Å². The first-order chi connectivity index (χ1) is 11.1. The molecule has 23 heavy (non-hydrogen) atoms. The molecule has 0 saturated carbocycles. The van der Waals surface area contributed by atoms with E-state index >= 15 is 0 Å². The molecule has 1 aromatic rings. The number of benzene rings is 1. The summed E-state index contributed by atoms with van der Waals surface area (Å²) in [5, 5.41) is 18.6. The van der Waals surface area contributed by atoms with Crippen molar-refractivity contribution in [2.24, 2.45) is 5.41 Å². The quantitative estimate of drug-likeness (QED) is 0.895. The molecule has 0 aliphatic carbocycles. The Kier molecular flexibility index (Phi) is 4.05. The smallest absolute Gasteiger partial charge is 0.335 e. The lowest BCUT2D eigenvalue weighted by Crippen LogP contribution is -2.47. The van der Waals surface area contributed by atoms with Gasteiger partial charge >= 0.3 is 5.97 Å². The van der Waals surface area contributed by atoms with Gasteiger partial charge in [0.1, 0.15) is 5.41 Å². The van der Waals surface area contributed by atoms with Crippen molar-refractivity contribution in [2.75, 3.05) is 19.8 Å². The van der Waals surface area contributed by atoms with Crippen LogP contribution < -0.4 is 0 Å². The molecule has 0 aromatic heterocycles. The maximum Gasteiger partial charge on any atom is 0.335 e. The molecule has 120 valence electrons. The average Bonchev–Trinajstić information content (AvgIpc) is 2.60. The van der Waals surface area contributed by atoms with Crippen LogP contribution in [0, 0.1) is 16.7 Å². The molecular formula is C17H18N2O4. The number of nitriles is 1. The van der Waals surface area contributed by atoms with Gasteiger partial charge in [-0.05, 0) is 42.5 Å². The highest BCUT2D eigenvalue weighted by molar-refractivity contribution is 5.88. The highest BCUT2D eigenvalue weighted by Gasteiger charge is 2.43. The molecule has 1 N–H and O–H groups in total. The fraction of sp³-hybridized carbons (Fsp3) is 0.471. The Balaban J connectivity index is 1.83. The number of amides is 1. The van der Waals surface area contributed by atoms with Gasteiger partial charge in [0, 0.05) is 26.3 Å². The van der Waals surface area contributed by atoms with Gasteiger partial charge in [-0.1, -0.05) is 6.07 Å². The Morgan fingerprint density at radius 1 is 1.26 bits per heavy atom. The van der Waals surface area contributed by atoms with Crippen molar-refractivity contribution in [3.05, 3.63) is 34.9 Å². The average molecular weight is 314 g/mol. The second-order valence-corrected chi connectivity index (χ2v) is 6.07. The number of carbonyl (C=O) groups excluding carboxylic acids is 1. The molecule has 2 aliphatic heterocycles. The van der Waals surface area contributed by atoms with Crippen molar-refractivity contribution in [1.82, 2.24) is 4.90 Å². The van der Waals surface area contributed by atoms with Crippen molar-refractivity contribution in [3.8, 4) is 6.07 Å². The highest BCUT2D eigenvalue weighted by Crippen LogP contribution is 2.34. The molecule has 2 aliphatic rings. The van der Waals surface area contributed by atoms with Crippen LogP contribution in [0.2, 0.25) is 0 Å². The summed E-state index contributed by atoms with van der Waals surface area (Å²) in [6.45, 7) is 1.77. The molecule has 6 heteroatoms. The summed E-state index contributed by atoms with van der Waals surface area (Å²) in [7, 11) is 0. The third kappa shape index (κ3) is 2.80. The SMILES string of the molecule is N#CC1(C(=O)N2CCc3ccc(C(=O)O)cc3C2)CCOCC1. The summed E-state index contributed by atoms with van der Waals surface area (Å²) < 4.78 is 5.28. The number of carbonyl (C=O) groups is 2. The zero-order valence-electron chi connectivity index (χ0n) is 12.7. The van der Waals surface area contributed by atoms with Crippen LogP contribution in [0.3, 0.4) is 0 Å². The molecule has 0 bridgehead atoms. The summed E-state index contributed by atoms with van der Waals surface area (Å²) in [5.74, 6) is -1.14. The Hall–Kier alpha value is -2.39. The van der Waals surface area contributed by atoms with Gasteiger partial charge in [-0.15, -0.1) is 0 Å². The van der Waals surface area contributed by atoms with Gasteiger partial charge in [-0.2, -0.15) is 5.26 Å². The number of fused-ring (bicyclic) bond motifs is 1. The lowest BCUT2D eigenvalue weighted by Gasteiger charge is -2.37. The molecule has 0 atom stereocenters. The second kappa shape index (κ2) is 6.01. The fourth-order valence-corrected chi connectivity index (χ4v) is 3.26. The summed E-state index contributed by atoms with van der Waals surface area (Å²) in [5.41, 5.74) is 1.14. The lowest BCUT2D eigenvalue weighted by atomic mass is 9.79. The topological polar surface area (TPSA) is 90.6 Å². The van der Waals surface area contributed by atoms with Crippen LogP contribution in [-0.4, -0.2) is 41.6 Å². The van der Waals surface area contributed by atoms with E-state index in [1.165, 1.54) is 0 Å². The van der Waals surface area contributed by atoms with Crippen LogP contribution in [0.15, 0.2) is 18.2 Å². The van der Waals surface area contributed by atoms with Gasteiger partial charge in [-0.3, -0.25) is 4.79 Å². The number of aromatic carboxylic acids is 1. The highest BCUT2D eigenvalue weighted by atomic mass is 16.5. The van der Waals surface area contributed by atoms with E-state index < -0.39 is 11.4 Å². The molecule has 1 saturated heterocycles. The van der Waals surface area contributed by atoms with Crippen LogP contribution in [0.1, 0.15) is 34.3 Å². The molecule has 3 rings (SSSR count). The van der Waals surface area contributed by atoms with Crippen molar-refractivity contribution in [2.45, 2.75) is 25.8 Å². The zero-order valence-corrected chi connectivity index (χ0v) is 12.7. The van der Waals surface area contributed by atoms with E-state index in [2.05, 4.69) is 6.07 Å². The lowest BCUT2D eigenvalue weighted by molar-refractivity contribution is -0.144. The van der Waals surface area contributed by atoms with Gasteiger partial charge in [0.25, 0.3) is 0 Å². The molecule has 1 fully saturated rings. The van der Waals surface area contributed by atoms with E-state index in [1.807, 2.05) is 6.07 Å². The van der Waals surface area contributed by atoms with E-state index in [-0.39, 0.29) is 11.5 Å². The molecule has 0 unspecified atom stereocenters. The van der Waals surface area contributed by atoms with E-state index in [9.17, 15) is 14.9 Å². The Labute approximate surface area is 134 Å². The van der Waals surface area contributed by atoms with E-state index in [0.717, 1.165) is 11.1 Å². The van der Waals surface area contributed by atoms with Crippen LogP contribution in [0.25, 0.3) is 0 Å². The molecule has 6 nitrogen and oxygen atoms in total. The predicted molar refractivity (Wildman–Crippen MR) is 80.6 cm³/mol. The number of rotatable bonds is 2. The van der Waals surface area contributed by atoms with E-state index in [4.69, 9.17) is 9.84 Å². The van der Waals surface area contributed by atoms with Gasteiger partial charge in [0.2, 0.25) is 5.91 Å². The first-order valence-corrected chi connectivity index (χ1v) is 7.69. The fourth-order valence-electron chi connectivity index (χ4n) is 3.26. The van der Waals surface area contributed by atoms with E-state index in [1.54, 1.807) is 17.0 Å². The molecule has 1 amide bonds. The van der Waals surface area contributed by atoms with Gasteiger partial charge < -0.3 is 14.7 Å². The standard InChI is InChI=1S/C17H18N2O4/c18-11-17(4-7-23-8-5-17)16(22)19-6-3-12-1-2-13(15(20)21)9-14(12)10-19/h1-2,9H,3-8,10H2,(H,20,21). The van der Waals surface area contributed by atoms with Gasteiger partial charge in [-0.25, -0.2) is 4.79 Å². The van der Waals surface area contributed by atoms with Gasteiger partial charge in [0.05, 0.1) is 11.6 Å². The predicted octanol–water partition coefficient (Wildman–Crippen LogP) is 1.59. The first-order valence-electron chi connectivity index (χ1n) is 7.69. The van der Waals surface area contributed by atoms with Gasteiger partial charge in [0.15, 0.2) is 0 Å². The largest absolute Gasteiger partial charge is 0.478 e. The Bertz CT molecular complexity index is 686. The van der Waals surface area contributed by atoms with Crippen molar-refractivity contribution in [1.29, 1.82) is 5.26 Å². The molecule has 2 heterocycles. The number of hydrogen-bond donors (Lipinski definition) is 1. The molecule has 0 radical (unpaired) electrons. The minimum Gasteiger partial charge on any atom is -0.478 e.